The highest BCUT2D eigenvalue weighted by molar-refractivity contribution is 5.70. The van der Waals surface area contributed by atoms with E-state index in [1.807, 2.05) is 0 Å². The third kappa shape index (κ3) is 16.7. The van der Waals surface area contributed by atoms with E-state index in [4.69, 9.17) is 80.5 Å². The summed E-state index contributed by atoms with van der Waals surface area (Å²) in [6.45, 7) is 15.6. The number of carbonyl (C=O) groups excluding carboxylic acids is 10. The van der Waals surface area contributed by atoms with E-state index in [0.29, 0.717) is 0 Å². The van der Waals surface area contributed by atoms with Gasteiger partial charge >= 0.3 is 59.7 Å². The molecule has 4 aliphatic rings. The summed E-state index contributed by atoms with van der Waals surface area (Å²) in [4.78, 5) is 126. The van der Waals surface area contributed by atoms with Gasteiger partial charge in [0.15, 0.2) is 73.8 Å². The van der Waals surface area contributed by atoms with E-state index < -0.39 is 195 Å². The first-order valence-electron chi connectivity index (χ1n) is 23.3. The van der Waals surface area contributed by atoms with Gasteiger partial charge in [-0.1, -0.05) is 6.92 Å². The molecule has 0 bridgehead atoms. The van der Waals surface area contributed by atoms with Crippen molar-refractivity contribution in [1.29, 1.82) is 0 Å². The highest BCUT2D eigenvalue weighted by atomic mass is 16.8. The molecule has 27 nitrogen and oxygen atoms in total. The van der Waals surface area contributed by atoms with E-state index >= 15 is 0 Å². The van der Waals surface area contributed by atoms with Gasteiger partial charge in [-0.05, 0) is 20.8 Å². The van der Waals surface area contributed by atoms with E-state index in [0.717, 1.165) is 69.2 Å². The molecular formula is C46H66O27. The molecule has 0 aromatic carbocycles. The molecule has 4 fully saturated rings. The summed E-state index contributed by atoms with van der Waals surface area (Å²) in [6, 6.07) is 0. The van der Waals surface area contributed by atoms with Crippen molar-refractivity contribution in [2.45, 2.75) is 213 Å². The van der Waals surface area contributed by atoms with Gasteiger partial charge in [-0.15, -0.1) is 0 Å². The third-order valence-electron chi connectivity index (χ3n) is 11.6. The number of esters is 10. The van der Waals surface area contributed by atoms with Crippen molar-refractivity contribution in [3.8, 4) is 0 Å². The minimum absolute atomic E-state index is 0.533. The van der Waals surface area contributed by atoms with Crippen molar-refractivity contribution in [2.75, 3.05) is 13.2 Å². The fraction of sp³-hybridized carbons (Fsp3) is 0.783. The Bertz CT molecular complexity index is 2010. The zero-order valence-corrected chi connectivity index (χ0v) is 43.0. The molecule has 0 radical (unpaired) electrons. The molecule has 0 aromatic rings. The zero-order chi connectivity index (χ0) is 54.8. The van der Waals surface area contributed by atoms with Crippen molar-refractivity contribution in [2.24, 2.45) is 5.92 Å². The van der Waals surface area contributed by atoms with Crippen LogP contribution in [0.25, 0.3) is 0 Å². The summed E-state index contributed by atoms with van der Waals surface area (Å²) in [5.41, 5.74) is 0. The number of ether oxygens (including phenoxy) is 17. The number of hydrogen-bond acceptors (Lipinski definition) is 27. The Morgan fingerprint density at radius 1 is 0.288 bits per heavy atom. The summed E-state index contributed by atoms with van der Waals surface area (Å²) in [6.07, 6.45) is -29.0. The molecule has 4 aliphatic heterocycles. The lowest BCUT2D eigenvalue weighted by Crippen LogP contribution is -2.68. The molecule has 412 valence electrons. The highest BCUT2D eigenvalue weighted by Gasteiger charge is 2.60. The third-order valence-corrected chi connectivity index (χ3v) is 11.6. The smallest absolute Gasteiger partial charge is 0.303 e. The molecule has 20 atom stereocenters. The van der Waals surface area contributed by atoms with Crippen molar-refractivity contribution in [1.82, 2.24) is 0 Å². The van der Waals surface area contributed by atoms with Gasteiger partial charge in [0.25, 0.3) is 0 Å². The monoisotopic (exact) mass is 1050 g/mol. The molecule has 4 rings (SSSR count). The van der Waals surface area contributed by atoms with Crippen LogP contribution in [0.2, 0.25) is 0 Å². The second kappa shape index (κ2) is 26.6. The van der Waals surface area contributed by atoms with Gasteiger partial charge in [0.2, 0.25) is 0 Å². The average molecular weight is 1050 g/mol. The zero-order valence-electron chi connectivity index (χ0n) is 43.0. The van der Waals surface area contributed by atoms with Crippen LogP contribution in [0.15, 0.2) is 0 Å². The molecule has 0 amide bonds. The maximum Gasteiger partial charge on any atom is 0.303 e. The first-order valence-corrected chi connectivity index (χ1v) is 23.3. The van der Waals surface area contributed by atoms with Crippen LogP contribution in [-0.2, 0) is 128 Å². The normalized spacial score (nSPS) is 36.1. The summed E-state index contributed by atoms with van der Waals surface area (Å²) in [7, 11) is 0. The molecule has 27 heteroatoms. The second-order valence-electron chi connectivity index (χ2n) is 17.7. The lowest BCUT2D eigenvalue weighted by molar-refractivity contribution is -0.388. The summed E-state index contributed by atoms with van der Waals surface area (Å²) in [5.74, 6) is -9.51. The lowest BCUT2D eigenvalue weighted by Gasteiger charge is -2.51. The molecule has 4 saturated heterocycles. The summed E-state index contributed by atoms with van der Waals surface area (Å²) in [5, 5.41) is 0. The van der Waals surface area contributed by atoms with E-state index in [1.54, 1.807) is 13.8 Å². The standard InChI is InChI=1S/C46H66O27/c1-17-18(2)59-31(15-57-21(5)47)36(33(17)71-44-41(68-29(13)55)38(65-26(10)52)34(19(3)60-44)62-23(7)49)72-46-43(40(67-28(12)54)37(64-25(9)51)32(70-46)16-58-22(6)48)73-45-42(69-30(14)56)39(66-27(11)53)35(20(4)61-45)63-24(8)50/h17-20,31-46H,15-16H2,1-14H3/t17?,18-,19?,20?,31?,32?,33+,34+,35-,36-,37-,38?,39+,40-,41-,42?,43?,44+,45-,46-/m0/s1. The predicted molar refractivity (Wildman–Crippen MR) is 233 cm³/mol. The van der Waals surface area contributed by atoms with Crippen LogP contribution >= 0.6 is 0 Å². The maximum atomic E-state index is 13.1. The van der Waals surface area contributed by atoms with Gasteiger partial charge in [-0.2, -0.15) is 0 Å². The van der Waals surface area contributed by atoms with Crippen molar-refractivity contribution in [3.63, 3.8) is 0 Å². The SMILES string of the molecule is CC(=O)OCC1O[C@@H](O[C@H]2C(COC(C)=O)O[C@@H](C)C(C)[C@H]2O[C@H]2OC(C)[C@@H](OC(C)=O)C(OC(C)=O)[C@@H]2OC(C)=O)C(O[C@@H]2OC(C)[C@H](OC(C)=O)[C@@H](OC(C)=O)C2OC(C)=O)[C@@H](OC(C)=O)[C@H]1OC(C)=O. The lowest BCUT2D eigenvalue weighted by atomic mass is 9.88. The topological polar surface area (TPSA) is 328 Å². The van der Waals surface area contributed by atoms with E-state index in [1.165, 1.54) is 13.8 Å². The van der Waals surface area contributed by atoms with Crippen LogP contribution in [0.4, 0.5) is 0 Å². The van der Waals surface area contributed by atoms with E-state index in [-0.39, 0.29) is 0 Å². The molecule has 0 saturated carbocycles. The van der Waals surface area contributed by atoms with Crippen LogP contribution in [-0.4, -0.2) is 189 Å². The van der Waals surface area contributed by atoms with Crippen molar-refractivity contribution >= 4 is 59.7 Å². The van der Waals surface area contributed by atoms with Gasteiger partial charge in [-0.3, -0.25) is 47.9 Å². The van der Waals surface area contributed by atoms with E-state index in [2.05, 4.69) is 0 Å². The fourth-order valence-corrected chi connectivity index (χ4v) is 8.70. The van der Waals surface area contributed by atoms with Gasteiger partial charge < -0.3 is 80.5 Å². The Morgan fingerprint density at radius 2 is 0.575 bits per heavy atom. The summed E-state index contributed by atoms with van der Waals surface area (Å²) >= 11 is 0. The molecule has 0 aromatic heterocycles. The Morgan fingerprint density at radius 3 is 0.945 bits per heavy atom. The number of hydrogen-bond donors (Lipinski definition) is 0. The Labute approximate surface area is 420 Å². The first kappa shape index (κ1) is 60.0. The molecule has 0 aliphatic carbocycles. The maximum absolute atomic E-state index is 13.1. The highest BCUT2D eigenvalue weighted by Crippen LogP contribution is 2.40. The Balaban J connectivity index is 1.97. The van der Waals surface area contributed by atoms with Crippen LogP contribution in [0.3, 0.4) is 0 Å². The average Bonchev–Trinajstić information content (AvgIpc) is 3.25. The van der Waals surface area contributed by atoms with Crippen LogP contribution < -0.4 is 0 Å². The number of carbonyl (C=O) groups is 10. The first-order chi connectivity index (χ1) is 34.1. The van der Waals surface area contributed by atoms with Gasteiger partial charge in [-0.25, -0.2) is 0 Å². The minimum Gasteiger partial charge on any atom is -0.463 e. The molecule has 0 spiro atoms. The Hall–Kier alpha value is -5.58. The molecular weight excluding hydrogens is 984 g/mol. The van der Waals surface area contributed by atoms with Crippen LogP contribution in [0.5, 0.6) is 0 Å². The number of rotatable bonds is 18. The molecule has 0 N–H and O–H groups in total. The molecule has 8 unspecified atom stereocenters. The van der Waals surface area contributed by atoms with Gasteiger partial charge in [0.1, 0.15) is 31.5 Å². The van der Waals surface area contributed by atoms with Gasteiger partial charge in [0, 0.05) is 75.2 Å². The van der Waals surface area contributed by atoms with Gasteiger partial charge in [0.05, 0.1) is 24.4 Å². The largest absolute Gasteiger partial charge is 0.463 e. The van der Waals surface area contributed by atoms with Crippen LogP contribution in [0.1, 0.15) is 96.9 Å². The van der Waals surface area contributed by atoms with E-state index in [9.17, 15) is 47.9 Å². The second-order valence-corrected chi connectivity index (χ2v) is 17.7. The Kier molecular flexibility index (Phi) is 21.8. The van der Waals surface area contributed by atoms with Crippen molar-refractivity contribution in [3.05, 3.63) is 0 Å². The minimum atomic E-state index is -1.95. The quantitative estimate of drug-likeness (QED) is 0.132. The molecule has 73 heavy (non-hydrogen) atoms. The summed E-state index contributed by atoms with van der Waals surface area (Å²) < 4.78 is 101. The van der Waals surface area contributed by atoms with Crippen LogP contribution in [0, 0.1) is 5.92 Å². The van der Waals surface area contributed by atoms with Crippen molar-refractivity contribution < 1.29 is 128 Å². The predicted octanol–water partition coefficient (Wildman–Crippen LogP) is 0.360. The molecule has 4 heterocycles. The fourth-order valence-electron chi connectivity index (χ4n) is 8.70.